The van der Waals surface area contributed by atoms with Crippen molar-refractivity contribution in [2.24, 2.45) is 0 Å². The number of hydrogen-bond acceptors (Lipinski definition) is 2. The number of carbonyl (C=O) groups is 2. The molecule has 0 heterocycles. The number of rotatable bonds is 7. The molecule has 2 rings (SSSR count). The number of amides is 2. The highest BCUT2D eigenvalue weighted by molar-refractivity contribution is 6.42. The molecule has 6 heteroatoms. The SMILES string of the molecule is CCC(C(=O)NC(C)(C)C)N(Cc1ccc(Cl)c(Cl)c1)C(=O)Cc1cc(C)cc(C)c1. The number of nitrogens with one attached hydrogen (secondary N) is 1. The highest BCUT2D eigenvalue weighted by Crippen LogP contribution is 2.24. The first-order valence-corrected chi connectivity index (χ1v) is 11.3. The van der Waals surface area contributed by atoms with Gasteiger partial charge in [0.15, 0.2) is 0 Å². The lowest BCUT2D eigenvalue weighted by molar-refractivity contribution is -0.141. The van der Waals surface area contributed by atoms with E-state index in [-0.39, 0.29) is 24.8 Å². The smallest absolute Gasteiger partial charge is 0.243 e. The number of hydrogen-bond donors (Lipinski definition) is 1. The third-order valence-corrected chi connectivity index (χ3v) is 5.60. The molecule has 2 aromatic rings. The molecule has 31 heavy (non-hydrogen) atoms. The Labute approximate surface area is 195 Å². The van der Waals surface area contributed by atoms with Crippen LogP contribution in [0.5, 0.6) is 0 Å². The fourth-order valence-corrected chi connectivity index (χ4v) is 3.97. The van der Waals surface area contributed by atoms with Crippen LogP contribution in [0.15, 0.2) is 36.4 Å². The van der Waals surface area contributed by atoms with Gasteiger partial charge in [-0.25, -0.2) is 0 Å². The topological polar surface area (TPSA) is 49.4 Å². The van der Waals surface area contributed by atoms with Crippen LogP contribution in [-0.4, -0.2) is 28.3 Å². The number of benzene rings is 2. The van der Waals surface area contributed by atoms with E-state index in [1.54, 1.807) is 17.0 Å². The second-order valence-electron chi connectivity index (χ2n) is 9.11. The van der Waals surface area contributed by atoms with Crippen LogP contribution < -0.4 is 5.32 Å². The Morgan fingerprint density at radius 3 is 2.10 bits per heavy atom. The number of aryl methyl sites for hydroxylation is 2. The maximum absolute atomic E-state index is 13.4. The van der Waals surface area contributed by atoms with Gasteiger partial charge in [0.05, 0.1) is 16.5 Å². The van der Waals surface area contributed by atoms with Gasteiger partial charge in [-0.15, -0.1) is 0 Å². The average Bonchev–Trinajstić information content (AvgIpc) is 2.62. The van der Waals surface area contributed by atoms with Gasteiger partial charge in [-0.2, -0.15) is 0 Å². The molecule has 4 nitrogen and oxygen atoms in total. The Morgan fingerprint density at radius 2 is 1.58 bits per heavy atom. The summed E-state index contributed by atoms with van der Waals surface area (Å²) in [5.41, 5.74) is 3.59. The van der Waals surface area contributed by atoms with Crippen LogP contribution in [0.25, 0.3) is 0 Å². The van der Waals surface area contributed by atoms with Crippen LogP contribution in [0.3, 0.4) is 0 Å². The molecule has 0 bridgehead atoms. The highest BCUT2D eigenvalue weighted by Gasteiger charge is 2.30. The maximum Gasteiger partial charge on any atom is 0.243 e. The first-order valence-electron chi connectivity index (χ1n) is 10.5. The second kappa shape index (κ2) is 10.5. The summed E-state index contributed by atoms with van der Waals surface area (Å²) >= 11 is 12.2. The third-order valence-electron chi connectivity index (χ3n) is 4.86. The van der Waals surface area contributed by atoms with Crippen molar-refractivity contribution in [2.45, 2.75) is 72.5 Å². The van der Waals surface area contributed by atoms with Gasteiger partial charge in [0.25, 0.3) is 0 Å². The van der Waals surface area contributed by atoms with Gasteiger partial charge >= 0.3 is 0 Å². The Balaban J connectivity index is 2.37. The molecule has 0 aliphatic rings. The molecule has 0 saturated heterocycles. The molecular formula is C25H32Cl2N2O2. The van der Waals surface area contributed by atoms with Gasteiger partial charge in [-0.05, 0) is 64.3 Å². The molecule has 2 aromatic carbocycles. The Bertz CT molecular complexity index is 931. The second-order valence-corrected chi connectivity index (χ2v) is 9.92. The summed E-state index contributed by atoms with van der Waals surface area (Å²) in [5, 5.41) is 3.89. The number of nitrogens with zero attached hydrogens (tertiary/aromatic N) is 1. The molecule has 168 valence electrons. The van der Waals surface area contributed by atoms with Crippen molar-refractivity contribution in [3.63, 3.8) is 0 Å². The monoisotopic (exact) mass is 462 g/mol. The van der Waals surface area contributed by atoms with Crippen LogP contribution in [0, 0.1) is 13.8 Å². The predicted molar refractivity (Wildman–Crippen MR) is 129 cm³/mol. The minimum atomic E-state index is -0.591. The molecular weight excluding hydrogens is 431 g/mol. The van der Waals surface area contributed by atoms with Crippen molar-refractivity contribution < 1.29 is 9.59 Å². The van der Waals surface area contributed by atoms with E-state index in [9.17, 15) is 9.59 Å². The van der Waals surface area contributed by atoms with Crippen molar-refractivity contribution in [1.82, 2.24) is 10.2 Å². The summed E-state index contributed by atoms with van der Waals surface area (Å²) in [7, 11) is 0. The molecule has 0 spiro atoms. The van der Waals surface area contributed by atoms with Crippen LogP contribution in [0.4, 0.5) is 0 Å². The van der Waals surface area contributed by atoms with E-state index in [0.29, 0.717) is 16.5 Å². The molecule has 0 aliphatic heterocycles. The fourth-order valence-electron chi connectivity index (χ4n) is 3.65. The third kappa shape index (κ3) is 7.55. The highest BCUT2D eigenvalue weighted by atomic mass is 35.5. The molecule has 0 radical (unpaired) electrons. The first-order chi connectivity index (χ1) is 14.4. The molecule has 0 aliphatic carbocycles. The van der Waals surface area contributed by atoms with Crippen molar-refractivity contribution in [3.8, 4) is 0 Å². The number of halogens is 2. The zero-order valence-corrected chi connectivity index (χ0v) is 20.7. The number of carbonyl (C=O) groups excluding carboxylic acids is 2. The molecule has 1 unspecified atom stereocenters. The van der Waals surface area contributed by atoms with Crippen molar-refractivity contribution in [1.29, 1.82) is 0 Å². The van der Waals surface area contributed by atoms with Gasteiger partial charge in [0.1, 0.15) is 6.04 Å². The van der Waals surface area contributed by atoms with Crippen molar-refractivity contribution in [3.05, 3.63) is 68.7 Å². The summed E-state index contributed by atoms with van der Waals surface area (Å²) in [6, 6.07) is 10.8. The normalized spacial score (nSPS) is 12.4. The van der Waals surface area contributed by atoms with Crippen molar-refractivity contribution in [2.75, 3.05) is 0 Å². The predicted octanol–water partition coefficient (Wildman–Crippen LogP) is 5.87. The zero-order valence-electron chi connectivity index (χ0n) is 19.2. The quantitative estimate of drug-likeness (QED) is 0.558. The molecule has 1 N–H and O–H groups in total. The van der Waals surface area contributed by atoms with Gasteiger partial charge in [0, 0.05) is 12.1 Å². The molecule has 2 amide bonds. The van der Waals surface area contributed by atoms with E-state index in [4.69, 9.17) is 23.2 Å². The van der Waals surface area contributed by atoms with Crippen LogP contribution in [-0.2, 0) is 22.6 Å². The Hall–Kier alpha value is -2.04. The summed E-state index contributed by atoms with van der Waals surface area (Å²) in [6.07, 6.45) is 0.727. The summed E-state index contributed by atoms with van der Waals surface area (Å²) in [5.74, 6) is -0.268. The van der Waals surface area contributed by atoms with E-state index in [1.807, 2.05) is 59.7 Å². The molecule has 0 saturated carbocycles. The first kappa shape index (κ1) is 25.2. The van der Waals surface area contributed by atoms with E-state index in [2.05, 4.69) is 11.4 Å². The van der Waals surface area contributed by atoms with E-state index in [0.717, 1.165) is 22.3 Å². The molecule has 0 aromatic heterocycles. The lowest BCUT2D eigenvalue weighted by Gasteiger charge is -2.33. The summed E-state index contributed by atoms with van der Waals surface area (Å²) < 4.78 is 0. The Morgan fingerprint density at radius 1 is 0.968 bits per heavy atom. The van der Waals surface area contributed by atoms with Gasteiger partial charge in [-0.1, -0.05) is 65.5 Å². The molecule has 1 atom stereocenters. The van der Waals surface area contributed by atoms with Crippen LogP contribution >= 0.6 is 23.2 Å². The minimum absolute atomic E-state index is 0.105. The zero-order chi connectivity index (χ0) is 23.3. The Kier molecular flexibility index (Phi) is 8.56. The summed E-state index contributed by atoms with van der Waals surface area (Å²) in [6.45, 7) is 12.0. The van der Waals surface area contributed by atoms with Crippen LogP contribution in [0.1, 0.15) is 56.4 Å². The lowest BCUT2D eigenvalue weighted by Crippen LogP contribution is -2.53. The lowest BCUT2D eigenvalue weighted by atomic mass is 10.0. The van der Waals surface area contributed by atoms with Gasteiger partial charge < -0.3 is 10.2 Å². The average molecular weight is 463 g/mol. The van der Waals surface area contributed by atoms with Crippen LogP contribution in [0.2, 0.25) is 10.0 Å². The largest absolute Gasteiger partial charge is 0.350 e. The van der Waals surface area contributed by atoms with Crippen molar-refractivity contribution >= 4 is 35.0 Å². The summed E-state index contributed by atoms with van der Waals surface area (Å²) in [4.78, 5) is 28.2. The van der Waals surface area contributed by atoms with Gasteiger partial charge in [-0.3, -0.25) is 9.59 Å². The standard InChI is InChI=1S/C25H32Cl2N2O2/c1-7-22(24(31)28-25(4,5)6)29(15-18-8-9-20(26)21(27)13-18)23(30)14-19-11-16(2)10-17(3)12-19/h8-13,22H,7,14-15H2,1-6H3,(H,28,31). The van der Waals surface area contributed by atoms with E-state index >= 15 is 0 Å². The van der Waals surface area contributed by atoms with E-state index < -0.39 is 11.6 Å². The maximum atomic E-state index is 13.4. The minimum Gasteiger partial charge on any atom is -0.350 e. The van der Waals surface area contributed by atoms with E-state index in [1.165, 1.54) is 0 Å². The fraction of sp³-hybridized carbons (Fsp3) is 0.440. The molecule has 0 fully saturated rings. The van der Waals surface area contributed by atoms with Gasteiger partial charge in [0.2, 0.25) is 11.8 Å².